The summed E-state index contributed by atoms with van der Waals surface area (Å²) >= 11 is 0. The van der Waals surface area contributed by atoms with Crippen LogP contribution in [-0.4, -0.2) is 37.9 Å². The second kappa shape index (κ2) is 16.0. The third kappa shape index (κ3) is 9.66. The van der Waals surface area contributed by atoms with Gasteiger partial charge in [-0.2, -0.15) is 13.2 Å². The Balaban J connectivity index is 0.000000343. The van der Waals surface area contributed by atoms with E-state index in [1.54, 1.807) is 18.2 Å². The molecule has 2 aromatic carbocycles. The second-order valence-electron chi connectivity index (χ2n) is 7.68. The van der Waals surface area contributed by atoms with E-state index in [0.29, 0.717) is 27.6 Å². The molecular weight excluding hydrogens is 527 g/mol. The van der Waals surface area contributed by atoms with E-state index in [2.05, 4.69) is 16.9 Å². The molecule has 2 atom stereocenters. The van der Waals surface area contributed by atoms with Gasteiger partial charge in [0.2, 0.25) is 5.82 Å². The van der Waals surface area contributed by atoms with Crippen LogP contribution in [0.3, 0.4) is 0 Å². The molecule has 0 spiro atoms. The highest BCUT2D eigenvalue weighted by molar-refractivity contribution is 7.82. The van der Waals surface area contributed by atoms with Crippen LogP contribution in [0.5, 0.6) is 0 Å². The number of benzene rings is 2. The highest BCUT2D eigenvalue weighted by Crippen LogP contribution is 2.27. The molecule has 2 unspecified atom stereocenters. The molecule has 1 fully saturated rings. The van der Waals surface area contributed by atoms with Gasteiger partial charge in [0.1, 0.15) is 29.4 Å². The topological polar surface area (TPSA) is 89.2 Å². The van der Waals surface area contributed by atoms with Gasteiger partial charge >= 0.3 is 6.18 Å². The van der Waals surface area contributed by atoms with Crippen molar-refractivity contribution in [3.8, 4) is 11.1 Å². The lowest BCUT2D eigenvalue weighted by Gasteiger charge is -2.19. The Morgan fingerprint density at radius 3 is 2.05 bits per heavy atom. The third-order valence-electron chi connectivity index (χ3n) is 5.15. The number of aromatic nitrogens is 2. The Bertz CT molecular complexity index is 1150. The maximum atomic E-state index is 13.3. The number of nitrogens with two attached hydrogens (primary N) is 1. The maximum Gasteiger partial charge on any atom is 0.451 e. The average Bonchev–Trinajstić information content (AvgIpc) is 3.36. The van der Waals surface area contributed by atoms with E-state index in [9.17, 15) is 26.2 Å². The lowest BCUT2D eigenvalue weighted by molar-refractivity contribution is -0.145. The van der Waals surface area contributed by atoms with E-state index < -0.39 is 28.8 Å². The zero-order valence-corrected chi connectivity index (χ0v) is 22.2. The molecule has 3 aromatic rings. The number of hydrogen-bond acceptors (Lipinski definition) is 5. The second-order valence-corrected chi connectivity index (χ2v) is 9.12. The van der Waals surface area contributed by atoms with Crippen molar-refractivity contribution in [1.29, 1.82) is 0 Å². The normalized spacial score (nSPS) is 15.7. The van der Waals surface area contributed by atoms with Crippen molar-refractivity contribution < 1.29 is 31.0 Å². The minimum Gasteiger partial charge on any atom is -0.326 e. The van der Waals surface area contributed by atoms with E-state index in [0.717, 1.165) is 31.8 Å². The van der Waals surface area contributed by atoms with Gasteiger partial charge < -0.3 is 10.5 Å². The van der Waals surface area contributed by atoms with Gasteiger partial charge in [0.25, 0.3) is 0 Å². The van der Waals surface area contributed by atoms with Crippen LogP contribution < -0.4 is 5.73 Å². The van der Waals surface area contributed by atoms with Crippen molar-refractivity contribution in [3.05, 3.63) is 77.9 Å². The first-order valence-electron chi connectivity index (χ1n) is 11.7. The van der Waals surface area contributed by atoms with Gasteiger partial charge in [0.15, 0.2) is 0 Å². The maximum absolute atomic E-state index is 13.3. The molecule has 0 saturated carbocycles. The molecule has 0 aliphatic carbocycles. The summed E-state index contributed by atoms with van der Waals surface area (Å²) in [5, 5.41) is 0. The van der Waals surface area contributed by atoms with Crippen molar-refractivity contribution in [1.82, 2.24) is 14.3 Å². The Labute approximate surface area is 221 Å². The lowest BCUT2D eigenvalue weighted by atomic mass is 10.1. The number of carbonyl (C=O) groups is 1. The van der Waals surface area contributed by atoms with Crippen molar-refractivity contribution >= 4 is 17.8 Å². The highest BCUT2D eigenvalue weighted by atomic mass is 32.2. The van der Waals surface area contributed by atoms with Crippen LogP contribution in [-0.2, 0) is 28.5 Å². The number of hydrogen-bond donors (Lipinski definition) is 1. The van der Waals surface area contributed by atoms with Gasteiger partial charge in [0.05, 0.1) is 4.90 Å². The van der Waals surface area contributed by atoms with Gasteiger partial charge in [-0.25, -0.2) is 27.3 Å². The summed E-state index contributed by atoms with van der Waals surface area (Å²) in [6.07, 6.45) is -0.403. The Morgan fingerprint density at radius 1 is 1.00 bits per heavy atom. The average molecular weight is 559 g/mol. The molecule has 6 nitrogen and oxygen atoms in total. The quantitative estimate of drug-likeness (QED) is 0.401. The minimum atomic E-state index is -4.59. The summed E-state index contributed by atoms with van der Waals surface area (Å²) in [7, 11) is -1.13. The third-order valence-corrected chi connectivity index (χ3v) is 6.80. The predicted octanol–water partition coefficient (Wildman–Crippen LogP) is 5.93. The first-order chi connectivity index (χ1) is 18.1. The van der Waals surface area contributed by atoms with E-state index in [4.69, 9.17) is 10.5 Å². The highest BCUT2D eigenvalue weighted by Gasteiger charge is 2.34. The van der Waals surface area contributed by atoms with Gasteiger partial charge in [-0.3, -0.25) is 0 Å². The van der Waals surface area contributed by atoms with E-state index >= 15 is 0 Å². The summed E-state index contributed by atoms with van der Waals surface area (Å²) in [6, 6.07) is 10.3. The SMILES string of the molecule is C=O.CC.CC1CCCN1S(=O)c1ccc(F)cc1.NCc1cc(F)cc(-c2cnc(C(F)(F)F)nc2)c1. The molecule has 1 aliphatic rings. The van der Waals surface area contributed by atoms with Crippen LogP contribution in [0.25, 0.3) is 11.1 Å². The van der Waals surface area contributed by atoms with Gasteiger partial charge in [-0.05, 0) is 73.4 Å². The zero-order chi connectivity index (χ0) is 28.9. The van der Waals surface area contributed by atoms with Gasteiger partial charge in [-0.1, -0.05) is 13.8 Å². The number of halogens is 5. The molecule has 0 radical (unpaired) electrons. The summed E-state index contributed by atoms with van der Waals surface area (Å²) in [4.78, 5) is 15.1. The van der Waals surface area contributed by atoms with Crippen LogP contribution in [0, 0.1) is 11.6 Å². The molecule has 2 heterocycles. The molecule has 1 aliphatic heterocycles. The summed E-state index contributed by atoms with van der Waals surface area (Å²) in [6.45, 7) is 9.08. The van der Waals surface area contributed by atoms with Crippen molar-refractivity contribution in [2.24, 2.45) is 5.73 Å². The Kier molecular flexibility index (Phi) is 13.9. The molecule has 1 aromatic heterocycles. The first-order valence-corrected chi connectivity index (χ1v) is 12.8. The van der Waals surface area contributed by atoms with Crippen LogP contribution in [0.2, 0.25) is 0 Å². The van der Waals surface area contributed by atoms with Crippen molar-refractivity contribution in [3.63, 3.8) is 0 Å². The molecule has 208 valence electrons. The van der Waals surface area contributed by atoms with Crippen LogP contribution >= 0.6 is 0 Å². The summed E-state index contributed by atoms with van der Waals surface area (Å²) in [5.41, 5.74) is 6.61. The molecule has 12 heteroatoms. The molecule has 38 heavy (non-hydrogen) atoms. The Morgan fingerprint density at radius 2 is 1.58 bits per heavy atom. The van der Waals surface area contributed by atoms with Crippen LogP contribution in [0.1, 0.15) is 45.0 Å². The van der Waals surface area contributed by atoms with Crippen LogP contribution in [0.4, 0.5) is 22.0 Å². The van der Waals surface area contributed by atoms with E-state index in [1.807, 2.05) is 24.9 Å². The van der Waals surface area contributed by atoms with Crippen molar-refractivity contribution in [2.45, 2.75) is 57.3 Å². The molecule has 4 rings (SSSR count). The molecule has 1 saturated heterocycles. The number of rotatable bonds is 4. The summed E-state index contributed by atoms with van der Waals surface area (Å²) < 4.78 is 76.9. The number of alkyl halides is 3. The van der Waals surface area contributed by atoms with Crippen LogP contribution in [0.15, 0.2) is 59.8 Å². The van der Waals surface area contributed by atoms with Gasteiger partial charge in [-0.15, -0.1) is 0 Å². The fourth-order valence-corrected chi connectivity index (χ4v) is 4.76. The molecular formula is C26H31F5N4O2S. The monoisotopic (exact) mass is 558 g/mol. The first kappa shape index (κ1) is 32.9. The van der Waals surface area contributed by atoms with E-state index in [-0.39, 0.29) is 12.4 Å². The molecule has 0 amide bonds. The molecule has 0 bridgehead atoms. The lowest BCUT2D eigenvalue weighted by Crippen LogP contribution is -2.28. The minimum absolute atomic E-state index is 0.131. The smallest absolute Gasteiger partial charge is 0.326 e. The zero-order valence-electron chi connectivity index (χ0n) is 21.3. The largest absolute Gasteiger partial charge is 0.451 e. The summed E-state index contributed by atoms with van der Waals surface area (Å²) in [5.74, 6) is -2.03. The fraction of sp³-hybridized carbons (Fsp3) is 0.346. The fourth-order valence-electron chi connectivity index (χ4n) is 3.40. The van der Waals surface area contributed by atoms with E-state index in [1.165, 1.54) is 24.3 Å². The molecule has 2 N–H and O–H groups in total. The van der Waals surface area contributed by atoms with Gasteiger partial charge in [0, 0.05) is 37.1 Å². The standard InChI is InChI=1S/C12H9F4N3.C11H14FNOS.C2H6.CH2O/c13-10-2-7(4-17)1-8(3-10)9-5-18-11(19-6-9)12(14,15)16;1-9-3-2-8-13(9)15(14)11-6-4-10(12)5-7-11;2*1-2/h1-3,5-6H,4,17H2;4-7,9H,2-3,8H2,1H3;1-2H3;1H2. The predicted molar refractivity (Wildman–Crippen MR) is 137 cm³/mol. The number of carbonyl (C=O) groups excluding carboxylic acids is 1. The van der Waals surface area contributed by atoms with Crippen molar-refractivity contribution in [2.75, 3.05) is 6.54 Å². The number of nitrogens with zero attached hydrogens (tertiary/aromatic N) is 3. The Hall–Kier alpha value is -3.09.